The van der Waals surface area contributed by atoms with E-state index in [0.29, 0.717) is 62.8 Å². The number of hydrogen-bond donors (Lipinski definition) is 2. The van der Waals surface area contributed by atoms with Gasteiger partial charge < -0.3 is 80.5 Å². The maximum atomic E-state index is 8.89. The van der Waals surface area contributed by atoms with Crippen molar-refractivity contribution in [3.63, 3.8) is 0 Å². The molecule has 8 rings (SSSR count). The van der Waals surface area contributed by atoms with Crippen molar-refractivity contribution in [2.45, 2.75) is 79.1 Å². The standard InChI is InChI=1S/C44H46N12O4.4C2H4O2.4H2O.2Zn/c1-5-19-37-33(15-1)29-45-51-43-53-49-41(55(43)47-31-35-17-3-7-21-39(35)59-27-13-11-25-57-37)23-9-10-24-42-50-54-44-52-46-30-34-16-2-6-20-38(34)58-26-12-14-28-60-40-22-8-4-18-36(40)32-48-56(42)44;4*1-2(3)4;;;;;;/h1-8,15-22,29-32H,9-14,23-28H2,(H,51,53)(H,52,54);4*1H3,(H,3,4);4*1H2;;/q;;;;;;;;;2*+2/p-4/b45-29+,46-30+,47-31+,48-32+;;;;;;;;;;. The molecule has 0 atom stereocenters. The Morgan fingerprint density at radius 1 is 0.427 bits per heavy atom. The molecule has 2 aliphatic heterocycles. The van der Waals surface area contributed by atoms with Gasteiger partial charge in [0.25, 0.3) is 11.9 Å². The predicted octanol–water partition coefficient (Wildman–Crippen LogP) is -1.08. The normalized spacial score (nSPS) is 13.5. The zero-order valence-corrected chi connectivity index (χ0v) is 51.8. The van der Waals surface area contributed by atoms with E-state index in [9.17, 15) is 0 Å². The van der Waals surface area contributed by atoms with Crippen LogP contribution in [0, 0.1) is 0 Å². The Labute approximate surface area is 498 Å². The molecule has 82 heavy (non-hydrogen) atoms. The number of nitrogens with zero attached hydrogens (tertiary/aromatic N) is 10. The van der Waals surface area contributed by atoms with Crippen molar-refractivity contribution in [3.8, 4) is 23.0 Å². The number of anilines is 2. The number of carboxylic acid groups (broad SMARTS) is 4. The third kappa shape index (κ3) is 30.3. The molecule has 0 amide bonds. The van der Waals surface area contributed by atoms with Crippen molar-refractivity contribution in [1.29, 1.82) is 0 Å². The fourth-order valence-electron chi connectivity index (χ4n) is 6.45. The molecule has 0 saturated carbocycles. The summed E-state index contributed by atoms with van der Waals surface area (Å²) in [7, 11) is 0. The monoisotopic (exact) mass is 1240 g/mol. The molecule has 4 heterocycles. The van der Waals surface area contributed by atoms with E-state index in [2.05, 4.69) is 41.4 Å². The number of para-hydroxylation sites is 4. The van der Waals surface area contributed by atoms with Crippen molar-refractivity contribution >= 4 is 60.6 Å². The Balaban J connectivity index is -0.00000253. The summed E-state index contributed by atoms with van der Waals surface area (Å²) in [6.45, 7) is 6.13. The number of ether oxygens (including phenoxy) is 4. The van der Waals surface area contributed by atoms with Crippen LogP contribution in [-0.2, 0) is 71.0 Å². The summed E-state index contributed by atoms with van der Waals surface area (Å²) >= 11 is 0. The average Bonchev–Trinajstić information content (AvgIpc) is 3.95. The van der Waals surface area contributed by atoms with Crippen LogP contribution in [0.25, 0.3) is 0 Å². The molecular weight excluding hydrogens is 1180 g/mol. The van der Waals surface area contributed by atoms with Gasteiger partial charge in [0.1, 0.15) is 23.0 Å². The number of fused-ring (bicyclic) bond motifs is 6. The van der Waals surface area contributed by atoms with Crippen LogP contribution in [0.5, 0.6) is 23.0 Å². The van der Waals surface area contributed by atoms with Gasteiger partial charge in [0, 0.05) is 59.0 Å². The summed E-state index contributed by atoms with van der Waals surface area (Å²) < 4.78 is 27.8. The Hall–Kier alpha value is -8.39. The molecular formula is C52H66N12O16Zn2. The van der Waals surface area contributed by atoms with Crippen LogP contribution in [0.2, 0.25) is 0 Å². The van der Waals surface area contributed by atoms with Gasteiger partial charge in [-0.1, -0.05) is 48.5 Å². The zero-order chi connectivity index (χ0) is 54.9. The average molecular weight is 1250 g/mol. The van der Waals surface area contributed by atoms with Gasteiger partial charge in [0.05, 0.1) is 51.3 Å². The number of aromatic nitrogens is 6. The third-order valence-electron chi connectivity index (χ3n) is 9.61. The topological polar surface area (TPSA) is 458 Å². The number of hydrazone groups is 2. The summed E-state index contributed by atoms with van der Waals surface area (Å²) in [6, 6.07) is 31.2. The maximum Gasteiger partial charge on any atom is 2.00 e. The quantitative estimate of drug-likeness (QED) is 0.153. The van der Waals surface area contributed by atoms with Crippen LogP contribution in [0.15, 0.2) is 117 Å². The number of nitrogens with one attached hydrogen (secondary N) is 2. The Morgan fingerprint density at radius 2 is 0.671 bits per heavy atom. The number of aryl methyl sites for hydroxylation is 2. The van der Waals surface area contributed by atoms with Crippen molar-refractivity contribution < 1.29 is 119 Å². The number of carboxylic acids is 4. The van der Waals surface area contributed by atoms with E-state index in [-0.39, 0.29) is 60.9 Å². The molecule has 2 aromatic heterocycles. The van der Waals surface area contributed by atoms with Gasteiger partial charge in [0.15, 0.2) is 11.6 Å². The smallest absolute Gasteiger partial charge is 0.550 e. The van der Waals surface area contributed by atoms with Gasteiger partial charge in [-0.2, -0.15) is 29.8 Å². The van der Waals surface area contributed by atoms with E-state index in [4.69, 9.17) is 68.8 Å². The molecule has 0 spiro atoms. The minimum Gasteiger partial charge on any atom is -0.550 e. The fourth-order valence-corrected chi connectivity index (χ4v) is 6.45. The van der Waals surface area contributed by atoms with Gasteiger partial charge in [-0.05, 0) is 115 Å². The van der Waals surface area contributed by atoms with Gasteiger partial charge in [-0.15, -0.1) is 20.4 Å². The number of hydrogen-bond acceptors (Lipinski definition) is 22. The first-order chi connectivity index (χ1) is 36.7. The number of rotatable bonds is 5. The minimum absolute atomic E-state index is 0. The summed E-state index contributed by atoms with van der Waals surface area (Å²) in [5.41, 5.74) is 9.41. The largest absolute Gasteiger partial charge is 2.00 e. The van der Waals surface area contributed by atoms with E-state index in [1.54, 1.807) is 34.2 Å². The van der Waals surface area contributed by atoms with Crippen molar-refractivity contribution in [2.75, 3.05) is 37.3 Å². The van der Waals surface area contributed by atoms with Crippen LogP contribution in [0.1, 0.15) is 100 Å². The predicted molar refractivity (Wildman–Crippen MR) is 288 cm³/mol. The van der Waals surface area contributed by atoms with Gasteiger partial charge in [0.2, 0.25) is 0 Å². The molecule has 10 N–H and O–H groups in total. The van der Waals surface area contributed by atoms with Crippen LogP contribution in [-0.4, -0.2) is 127 Å². The number of benzene rings is 4. The van der Waals surface area contributed by atoms with Crippen LogP contribution < -0.4 is 50.2 Å². The van der Waals surface area contributed by atoms with E-state index in [0.717, 1.165) is 111 Å². The van der Waals surface area contributed by atoms with Gasteiger partial charge in [-0.25, -0.2) is 10.9 Å². The molecule has 6 aromatic rings. The first kappa shape index (κ1) is 77.8. The SMILES string of the molecule is C1=N/Nc2nnc(CCCCc3nnc4n3/N=C/c3ccccc3OCCCCOc3ccccc3/C=N/N4)n2/N=C/c2ccccc2OCCCCOc2ccccc2/1.CC(=O)[O-].CC(=O)[O-].CC(=O)[O-].CC(=O)[O-].O.O.O.O.[Zn+2].[Zn+2]. The molecule has 0 fully saturated rings. The zero-order valence-electron chi connectivity index (χ0n) is 45.8. The second-order valence-corrected chi connectivity index (χ2v) is 15.9. The van der Waals surface area contributed by atoms with E-state index < -0.39 is 23.9 Å². The third-order valence-corrected chi connectivity index (χ3v) is 9.61. The molecule has 28 nitrogen and oxygen atoms in total. The van der Waals surface area contributed by atoms with Gasteiger partial charge >= 0.3 is 39.0 Å². The van der Waals surface area contributed by atoms with Crippen LogP contribution >= 0.6 is 0 Å². The molecule has 0 saturated heterocycles. The van der Waals surface area contributed by atoms with E-state index in [1.807, 2.05) is 97.1 Å². The fraction of sp³-hybridized carbons (Fsp3) is 0.308. The van der Waals surface area contributed by atoms with E-state index >= 15 is 0 Å². The minimum atomic E-state index is -1.08. The first-order valence-electron chi connectivity index (χ1n) is 23.8. The Morgan fingerprint density at radius 3 is 0.939 bits per heavy atom. The molecule has 0 aliphatic carbocycles. The first-order valence-corrected chi connectivity index (χ1v) is 23.8. The maximum absolute atomic E-state index is 8.89. The second-order valence-electron chi connectivity index (χ2n) is 15.9. The number of aliphatic carboxylic acids is 4. The molecule has 30 heteroatoms. The summed E-state index contributed by atoms with van der Waals surface area (Å²) in [4.78, 5) is 35.6. The van der Waals surface area contributed by atoms with E-state index in [1.165, 1.54) is 0 Å². The molecule has 434 valence electrons. The van der Waals surface area contributed by atoms with Crippen molar-refractivity contribution in [2.24, 2.45) is 20.4 Å². The van der Waals surface area contributed by atoms with Crippen molar-refractivity contribution in [1.82, 2.24) is 29.7 Å². The number of unbranched alkanes of at least 4 members (excludes halogenated alkanes) is 1. The van der Waals surface area contributed by atoms with Crippen LogP contribution in [0.3, 0.4) is 0 Å². The second kappa shape index (κ2) is 44.4. The molecule has 4 aromatic carbocycles. The summed E-state index contributed by atoms with van der Waals surface area (Å²) in [5, 5.41) is 72.0. The molecule has 2 aliphatic rings. The summed E-state index contributed by atoms with van der Waals surface area (Å²) in [5.74, 6) is 0.686. The van der Waals surface area contributed by atoms with Crippen LogP contribution in [0.4, 0.5) is 11.9 Å². The molecule has 0 unspecified atom stereocenters. The van der Waals surface area contributed by atoms with Gasteiger partial charge in [-0.3, -0.25) is 0 Å². The summed E-state index contributed by atoms with van der Waals surface area (Å²) in [6.07, 6.45) is 12.9. The molecule has 0 radical (unpaired) electrons. The molecule has 0 bridgehead atoms. The van der Waals surface area contributed by atoms with Crippen molar-refractivity contribution in [3.05, 3.63) is 131 Å². The Kier molecular flexibility index (Phi) is 42.1. The Bertz CT molecular complexity index is 2690. The number of carbonyl (C=O) groups excluding carboxylic acids is 4. The number of carbonyl (C=O) groups is 4.